The lowest BCUT2D eigenvalue weighted by Crippen LogP contribution is -2.15. The van der Waals surface area contributed by atoms with E-state index in [9.17, 15) is 10.2 Å². The molecule has 0 aliphatic rings. The third-order valence-electron chi connectivity index (χ3n) is 2.66. The van der Waals surface area contributed by atoms with Crippen LogP contribution in [0.25, 0.3) is 0 Å². The van der Waals surface area contributed by atoms with E-state index >= 15 is 0 Å². The predicted octanol–water partition coefficient (Wildman–Crippen LogP) is 2.61. The molecular weight excluding hydrogens is 236 g/mol. The molecule has 2 N–H and O–H groups in total. The van der Waals surface area contributed by atoms with Crippen molar-refractivity contribution in [3.63, 3.8) is 0 Å². The predicted molar refractivity (Wildman–Crippen MR) is 70.6 cm³/mol. The second-order valence-electron chi connectivity index (χ2n) is 4.11. The summed E-state index contributed by atoms with van der Waals surface area (Å²) in [5.74, 6) is 0.683. The number of hydrogen-bond donors (Lipinski definition) is 2. The van der Waals surface area contributed by atoms with Crippen LogP contribution in [0.1, 0.15) is 32.4 Å². The Labute approximate surface area is 107 Å². The SMILES string of the molecule is COc1cccc(SC(C)C(C)O)c1[C@H](C)O. The Morgan fingerprint density at radius 1 is 1.18 bits per heavy atom. The summed E-state index contributed by atoms with van der Waals surface area (Å²) < 4.78 is 5.25. The molecule has 0 bridgehead atoms. The van der Waals surface area contributed by atoms with E-state index < -0.39 is 12.2 Å². The van der Waals surface area contributed by atoms with Crippen LogP contribution in [0.2, 0.25) is 0 Å². The van der Waals surface area contributed by atoms with E-state index in [-0.39, 0.29) is 5.25 Å². The zero-order valence-electron chi connectivity index (χ0n) is 10.7. The maximum absolute atomic E-state index is 9.81. The van der Waals surface area contributed by atoms with Gasteiger partial charge in [-0.1, -0.05) is 13.0 Å². The first-order chi connectivity index (χ1) is 7.97. The molecule has 1 aromatic rings. The van der Waals surface area contributed by atoms with Gasteiger partial charge in [0.2, 0.25) is 0 Å². The average molecular weight is 256 g/mol. The Bertz CT molecular complexity index is 364. The molecule has 0 amide bonds. The maximum atomic E-state index is 9.81. The summed E-state index contributed by atoms with van der Waals surface area (Å²) in [5.41, 5.74) is 0.785. The van der Waals surface area contributed by atoms with Gasteiger partial charge in [-0.15, -0.1) is 11.8 Å². The molecule has 0 heterocycles. The Morgan fingerprint density at radius 3 is 2.29 bits per heavy atom. The molecule has 0 aromatic heterocycles. The molecule has 1 aromatic carbocycles. The van der Waals surface area contributed by atoms with Crippen molar-refractivity contribution in [3.8, 4) is 5.75 Å². The number of thioether (sulfide) groups is 1. The fraction of sp³-hybridized carbons (Fsp3) is 0.538. The van der Waals surface area contributed by atoms with Gasteiger partial charge < -0.3 is 14.9 Å². The van der Waals surface area contributed by atoms with Gasteiger partial charge in [0, 0.05) is 15.7 Å². The smallest absolute Gasteiger partial charge is 0.125 e. The zero-order valence-corrected chi connectivity index (χ0v) is 11.5. The van der Waals surface area contributed by atoms with Crippen molar-refractivity contribution in [1.82, 2.24) is 0 Å². The van der Waals surface area contributed by atoms with Crippen LogP contribution in [0.4, 0.5) is 0 Å². The summed E-state index contributed by atoms with van der Waals surface area (Å²) in [5, 5.41) is 19.4. The minimum Gasteiger partial charge on any atom is -0.496 e. The molecule has 96 valence electrons. The first kappa shape index (κ1) is 14.4. The highest BCUT2D eigenvalue weighted by Crippen LogP contribution is 2.37. The standard InChI is InChI=1S/C13H20O3S/c1-8(14)10(3)17-12-7-5-6-11(16-4)13(12)9(2)15/h5-10,14-15H,1-4H3/t8?,9-,10?/m0/s1. The second-order valence-corrected chi connectivity index (χ2v) is 5.53. The van der Waals surface area contributed by atoms with Crippen LogP contribution in [-0.2, 0) is 0 Å². The highest BCUT2D eigenvalue weighted by Gasteiger charge is 2.18. The number of methoxy groups -OCH3 is 1. The lowest BCUT2D eigenvalue weighted by molar-refractivity contribution is 0.190. The summed E-state index contributed by atoms with van der Waals surface area (Å²) in [6.07, 6.45) is -0.983. The van der Waals surface area contributed by atoms with Gasteiger partial charge in [-0.3, -0.25) is 0 Å². The van der Waals surface area contributed by atoms with Gasteiger partial charge in [0.05, 0.1) is 19.3 Å². The van der Waals surface area contributed by atoms with Crippen LogP contribution in [0.3, 0.4) is 0 Å². The van der Waals surface area contributed by atoms with Crippen LogP contribution < -0.4 is 4.74 Å². The molecule has 3 atom stereocenters. The lowest BCUT2D eigenvalue weighted by atomic mass is 10.1. The van der Waals surface area contributed by atoms with E-state index in [1.165, 1.54) is 0 Å². The first-order valence-corrected chi connectivity index (χ1v) is 6.55. The molecule has 2 unspecified atom stereocenters. The van der Waals surface area contributed by atoms with E-state index in [0.717, 1.165) is 10.5 Å². The van der Waals surface area contributed by atoms with Crippen LogP contribution in [0.15, 0.2) is 23.1 Å². The van der Waals surface area contributed by atoms with Crippen molar-refractivity contribution in [3.05, 3.63) is 23.8 Å². The topological polar surface area (TPSA) is 49.7 Å². The Kier molecular flexibility index (Phi) is 5.31. The maximum Gasteiger partial charge on any atom is 0.125 e. The number of benzene rings is 1. The summed E-state index contributed by atoms with van der Waals surface area (Å²) >= 11 is 1.55. The number of rotatable bonds is 5. The minimum absolute atomic E-state index is 0.0691. The van der Waals surface area contributed by atoms with E-state index in [1.54, 1.807) is 32.7 Å². The van der Waals surface area contributed by atoms with Gasteiger partial charge in [0.15, 0.2) is 0 Å². The third kappa shape index (κ3) is 3.63. The van der Waals surface area contributed by atoms with Crippen molar-refractivity contribution < 1.29 is 14.9 Å². The van der Waals surface area contributed by atoms with Crippen molar-refractivity contribution in [2.45, 2.75) is 43.1 Å². The van der Waals surface area contributed by atoms with Crippen molar-refractivity contribution >= 4 is 11.8 Å². The highest BCUT2D eigenvalue weighted by molar-refractivity contribution is 8.00. The monoisotopic (exact) mass is 256 g/mol. The molecule has 0 saturated carbocycles. The molecule has 0 aliphatic carbocycles. The molecule has 0 saturated heterocycles. The van der Waals surface area contributed by atoms with Crippen LogP contribution in [-0.4, -0.2) is 28.7 Å². The van der Waals surface area contributed by atoms with Crippen molar-refractivity contribution in [2.24, 2.45) is 0 Å². The normalized spacial score (nSPS) is 16.4. The summed E-state index contributed by atoms with van der Waals surface area (Å²) in [7, 11) is 1.59. The summed E-state index contributed by atoms with van der Waals surface area (Å²) in [6.45, 7) is 5.44. The van der Waals surface area contributed by atoms with Crippen LogP contribution in [0.5, 0.6) is 5.75 Å². The molecular formula is C13H20O3S. The second kappa shape index (κ2) is 6.28. The lowest BCUT2D eigenvalue weighted by Gasteiger charge is -2.19. The molecule has 17 heavy (non-hydrogen) atoms. The van der Waals surface area contributed by atoms with Crippen LogP contribution >= 0.6 is 11.8 Å². The van der Waals surface area contributed by atoms with Crippen LogP contribution in [0, 0.1) is 0 Å². The fourth-order valence-corrected chi connectivity index (χ4v) is 2.67. The molecule has 0 spiro atoms. The molecule has 4 heteroatoms. The third-order valence-corrected chi connectivity index (χ3v) is 4.03. The number of aliphatic hydroxyl groups excluding tert-OH is 2. The van der Waals surface area contributed by atoms with E-state index in [1.807, 2.05) is 25.1 Å². The Morgan fingerprint density at radius 2 is 1.82 bits per heavy atom. The fourth-order valence-electron chi connectivity index (χ4n) is 1.52. The first-order valence-electron chi connectivity index (χ1n) is 5.67. The van der Waals surface area contributed by atoms with Gasteiger partial charge in [-0.05, 0) is 26.0 Å². The summed E-state index contributed by atoms with van der Waals surface area (Å²) in [6, 6.07) is 5.66. The molecule has 1 rings (SSSR count). The number of aliphatic hydroxyl groups is 2. The molecule has 0 fully saturated rings. The Hall–Kier alpha value is -0.710. The van der Waals surface area contributed by atoms with Gasteiger partial charge in [-0.25, -0.2) is 0 Å². The summed E-state index contributed by atoms with van der Waals surface area (Å²) in [4.78, 5) is 0.952. The molecule has 3 nitrogen and oxygen atoms in total. The van der Waals surface area contributed by atoms with Crippen molar-refractivity contribution in [2.75, 3.05) is 7.11 Å². The number of ether oxygens (including phenoxy) is 1. The van der Waals surface area contributed by atoms with Gasteiger partial charge in [-0.2, -0.15) is 0 Å². The quantitative estimate of drug-likeness (QED) is 0.795. The highest BCUT2D eigenvalue weighted by atomic mass is 32.2. The number of hydrogen-bond acceptors (Lipinski definition) is 4. The van der Waals surface area contributed by atoms with E-state index in [2.05, 4.69) is 0 Å². The Balaban J connectivity index is 3.06. The van der Waals surface area contributed by atoms with E-state index in [0.29, 0.717) is 5.75 Å². The largest absolute Gasteiger partial charge is 0.496 e. The molecule has 0 radical (unpaired) electrons. The zero-order chi connectivity index (χ0) is 13.0. The van der Waals surface area contributed by atoms with Gasteiger partial charge in [0.1, 0.15) is 5.75 Å². The van der Waals surface area contributed by atoms with Gasteiger partial charge >= 0.3 is 0 Å². The average Bonchev–Trinajstić information content (AvgIpc) is 2.27. The minimum atomic E-state index is -0.588. The van der Waals surface area contributed by atoms with Gasteiger partial charge in [0.25, 0.3) is 0 Å². The van der Waals surface area contributed by atoms with Crippen molar-refractivity contribution in [1.29, 1.82) is 0 Å². The molecule has 0 aliphatic heterocycles. The van der Waals surface area contributed by atoms with E-state index in [4.69, 9.17) is 4.74 Å².